The zero-order valence-corrected chi connectivity index (χ0v) is 15.3. The van der Waals surface area contributed by atoms with Crippen LogP contribution in [0.5, 0.6) is 17.6 Å². The van der Waals surface area contributed by atoms with Crippen molar-refractivity contribution in [3.05, 3.63) is 65.2 Å². The summed E-state index contributed by atoms with van der Waals surface area (Å²) in [5.41, 5.74) is 1.00. The molecule has 132 valence electrons. The molecule has 26 heavy (non-hydrogen) atoms. The van der Waals surface area contributed by atoms with E-state index < -0.39 is 11.0 Å². The summed E-state index contributed by atoms with van der Waals surface area (Å²) in [6.45, 7) is 0.489. The highest BCUT2D eigenvalue weighted by molar-refractivity contribution is 7.86. The van der Waals surface area contributed by atoms with Crippen LogP contribution in [-0.4, -0.2) is 21.3 Å². The summed E-state index contributed by atoms with van der Waals surface area (Å²) in [4.78, 5) is 9.38. The summed E-state index contributed by atoms with van der Waals surface area (Å²) in [7, 11) is 0.168. The molecule has 1 aromatic heterocycles. The average Bonchev–Trinajstić information content (AvgIpc) is 3.00. The maximum atomic E-state index is 12.8. The molecule has 0 saturated carbocycles. The summed E-state index contributed by atoms with van der Waals surface area (Å²) in [6, 6.07) is 16.2. The lowest BCUT2D eigenvalue weighted by Gasteiger charge is -2.16. The predicted octanol–water partition coefficient (Wildman–Crippen LogP) is 3.97. The fourth-order valence-electron chi connectivity index (χ4n) is 2.58. The van der Waals surface area contributed by atoms with Gasteiger partial charge in [0.2, 0.25) is 5.88 Å². The third kappa shape index (κ3) is 3.23. The Balaban J connectivity index is 1.67. The summed E-state index contributed by atoms with van der Waals surface area (Å²) < 4.78 is 25.4. The predicted molar refractivity (Wildman–Crippen MR) is 99.1 cm³/mol. The number of benzene rings is 2. The summed E-state index contributed by atoms with van der Waals surface area (Å²) >= 11 is 5.89. The van der Waals surface area contributed by atoms with Gasteiger partial charge in [-0.3, -0.25) is 4.31 Å². The zero-order valence-electron chi connectivity index (χ0n) is 13.8. The van der Waals surface area contributed by atoms with Gasteiger partial charge in [-0.25, -0.2) is 4.21 Å². The van der Waals surface area contributed by atoms with Gasteiger partial charge in [0.05, 0.1) is 18.6 Å². The number of halogens is 1. The molecule has 1 unspecified atom stereocenters. The first-order valence-electron chi connectivity index (χ1n) is 7.78. The molecule has 0 spiro atoms. The molecule has 0 aliphatic carbocycles. The van der Waals surface area contributed by atoms with Crippen molar-refractivity contribution in [3.8, 4) is 17.6 Å². The number of aromatic nitrogens is 2. The molecule has 1 atom stereocenters. The first kappa shape index (κ1) is 16.8. The van der Waals surface area contributed by atoms with E-state index in [1.165, 1.54) is 7.11 Å². The molecule has 0 bridgehead atoms. The molecule has 3 aromatic rings. The Labute approximate surface area is 158 Å². The van der Waals surface area contributed by atoms with Crippen molar-refractivity contribution in [1.82, 2.24) is 9.97 Å². The van der Waals surface area contributed by atoms with E-state index in [1.54, 1.807) is 34.6 Å². The van der Waals surface area contributed by atoms with Crippen LogP contribution in [0.2, 0.25) is 5.02 Å². The van der Waals surface area contributed by atoms with Crippen molar-refractivity contribution in [3.63, 3.8) is 0 Å². The van der Waals surface area contributed by atoms with Gasteiger partial charge in [-0.2, -0.15) is 9.97 Å². The lowest BCUT2D eigenvalue weighted by atomic mass is 10.2. The molecule has 1 aliphatic heterocycles. The van der Waals surface area contributed by atoms with Crippen LogP contribution in [0, 0.1) is 0 Å². The number of methoxy groups -OCH3 is 1. The second kappa shape index (κ2) is 6.93. The quantitative estimate of drug-likeness (QED) is 0.677. The van der Waals surface area contributed by atoms with E-state index in [0.29, 0.717) is 29.0 Å². The van der Waals surface area contributed by atoms with Crippen molar-refractivity contribution in [2.75, 3.05) is 11.4 Å². The molecule has 6 nitrogen and oxygen atoms in total. The molecule has 4 rings (SSSR count). The van der Waals surface area contributed by atoms with E-state index in [2.05, 4.69) is 9.97 Å². The van der Waals surface area contributed by atoms with Gasteiger partial charge in [0.25, 0.3) is 0 Å². The fourth-order valence-corrected chi connectivity index (χ4v) is 4.02. The number of anilines is 1. The van der Waals surface area contributed by atoms with Crippen molar-refractivity contribution in [1.29, 1.82) is 0 Å². The van der Waals surface area contributed by atoms with Gasteiger partial charge in [-0.15, -0.1) is 0 Å². The lowest BCUT2D eigenvalue weighted by molar-refractivity contribution is 0.377. The minimum atomic E-state index is -1.34. The topological polar surface area (TPSA) is 64.5 Å². The van der Waals surface area contributed by atoms with Gasteiger partial charge in [0.15, 0.2) is 16.8 Å². The zero-order chi connectivity index (χ0) is 18.1. The first-order chi connectivity index (χ1) is 12.6. The van der Waals surface area contributed by atoms with Crippen LogP contribution >= 0.6 is 11.6 Å². The second-order valence-electron chi connectivity index (χ2n) is 5.50. The van der Waals surface area contributed by atoms with E-state index in [0.717, 1.165) is 10.5 Å². The van der Waals surface area contributed by atoms with Crippen LogP contribution in [0.15, 0.2) is 59.5 Å². The standard InChI is InChI=1S/C18H14ClN3O3S/c1-24-17-10-16(22-11-12-4-2-3-5-15(12)26(22)23)20-18(21-17)25-14-8-6-13(19)7-9-14/h2-10H,11H2,1H3. The Morgan fingerprint density at radius 1 is 1.12 bits per heavy atom. The van der Waals surface area contributed by atoms with Gasteiger partial charge in [0, 0.05) is 11.1 Å². The maximum absolute atomic E-state index is 12.8. The van der Waals surface area contributed by atoms with E-state index >= 15 is 0 Å². The third-order valence-electron chi connectivity index (χ3n) is 3.83. The molecule has 0 fully saturated rings. The van der Waals surface area contributed by atoms with Crippen molar-refractivity contribution in [2.45, 2.75) is 11.4 Å². The first-order valence-corrected chi connectivity index (χ1v) is 9.26. The van der Waals surface area contributed by atoms with Crippen molar-refractivity contribution in [2.24, 2.45) is 0 Å². The number of rotatable bonds is 4. The van der Waals surface area contributed by atoms with Crippen LogP contribution < -0.4 is 13.8 Å². The van der Waals surface area contributed by atoms with Crippen LogP contribution in [0.1, 0.15) is 5.56 Å². The van der Waals surface area contributed by atoms with E-state index in [9.17, 15) is 4.21 Å². The smallest absolute Gasteiger partial charge is 0.327 e. The van der Waals surface area contributed by atoms with E-state index in [1.807, 2.05) is 24.3 Å². The monoisotopic (exact) mass is 387 g/mol. The van der Waals surface area contributed by atoms with Gasteiger partial charge in [-0.1, -0.05) is 29.8 Å². The number of hydrogen-bond acceptors (Lipinski definition) is 5. The Hall–Kier alpha value is -2.64. The second-order valence-corrected chi connectivity index (χ2v) is 7.32. The van der Waals surface area contributed by atoms with Gasteiger partial charge >= 0.3 is 6.01 Å². The summed E-state index contributed by atoms with van der Waals surface area (Å²) in [5.74, 6) is 1.33. The number of nitrogens with zero attached hydrogens (tertiary/aromatic N) is 3. The molecule has 1 aliphatic rings. The van der Waals surface area contributed by atoms with Gasteiger partial charge in [0.1, 0.15) is 5.75 Å². The van der Waals surface area contributed by atoms with E-state index in [4.69, 9.17) is 21.1 Å². The lowest BCUT2D eigenvalue weighted by Crippen LogP contribution is -2.19. The van der Waals surface area contributed by atoms with Crippen LogP contribution in [0.3, 0.4) is 0 Å². The average molecular weight is 388 g/mol. The Morgan fingerprint density at radius 2 is 1.88 bits per heavy atom. The SMILES string of the molecule is COc1cc(N2Cc3ccccc3S2=O)nc(Oc2ccc(Cl)cc2)n1. The fraction of sp³-hybridized carbons (Fsp3) is 0.111. The van der Waals surface area contributed by atoms with Crippen molar-refractivity contribution >= 4 is 28.4 Å². The van der Waals surface area contributed by atoms with Gasteiger partial charge in [-0.05, 0) is 35.9 Å². The van der Waals surface area contributed by atoms with E-state index in [-0.39, 0.29) is 6.01 Å². The minimum absolute atomic E-state index is 0.106. The van der Waals surface area contributed by atoms with Crippen LogP contribution in [0.25, 0.3) is 0 Å². The number of hydrogen-bond donors (Lipinski definition) is 0. The highest BCUT2D eigenvalue weighted by Crippen LogP contribution is 2.33. The Bertz CT molecular complexity index is 982. The van der Waals surface area contributed by atoms with Crippen LogP contribution in [-0.2, 0) is 17.5 Å². The summed E-state index contributed by atoms with van der Waals surface area (Å²) in [6.07, 6.45) is 0. The van der Waals surface area contributed by atoms with Gasteiger partial charge < -0.3 is 9.47 Å². The molecule has 0 amide bonds. The van der Waals surface area contributed by atoms with Crippen molar-refractivity contribution < 1.29 is 13.7 Å². The largest absolute Gasteiger partial charge is 0.481 e. The molecule has 0 saturated heterocycles. The van der Waals surface area contributed by atoms with Crippen LogP contribution in [0.4, 0.5) is 5.82 Å². The minimum Gasteiger partial charge on any atom is -0.481 e. The molecular formula is C18H14ClN3O3S. The Morgan fingerprint density at radius 3 is 2.62 bits per heavy atom. The molecule has 2 heterocycles. The highest BCUT2D eigenvalue weighted by atomic mass is 35.5. The highest BCUT2D eigenvalue weighted by Gasteiger charge is 2.28. The normalized spacial score (nSPS) is 15.6. The third-order valence-corrected chi connectivity index (χ3v) is 5.57. The number of ether oxygens (including phenoxy) is 2. The Kier molecular flexibility index (Phi) is 4.48. The molecular weight excluding hydrogens is 374 g/mol. The summed E-state index contributed by atoms with van der Waals surface area (Å²) in [5, 5.41) is 0.606. The number of fused-ring (bicyclic) bond motifs is 1. The molecule has 0 N–H and O–H groups in total. The molecule has 0 radical (unpaired) electrons. The molecule has 8 heteroatoms. The maximum Gasteiger partial charge on any atom is 0.327 e. The molecule has 2 aromatic carbocycles.